The fourth-order valence-corrected chi connectivity index (χ4v) is 2.11. The second-order valence-electron chi connectivity index (χ2n) is 2.93. The smallest absolute Gasteiger partial charge is 0.119 e. The summed E-state index contributed by atoms with van der Waals surface area (Å²) in [6.07, 6.45) is 0. The molecule has 1 aromatic carbocycles. The molecular weight excluding hydrogens is 198 g/mol. The third kappa shape index (κ3) is 3.47. The largest absolute Gasteiger partial charge is 0.497 e. The van der Waals surface area contributed by atoms with Gasteiger partial charge in [0, 0.05) is 28.9 Å². The maximum atomic E-state index is 11.4. The normalized spacial score (nSPS) is 12.4. The zero-order valence-corrected chi connectivity index (χ0v) is 9.05. The Morgan fingerprint density at radius 3 is 2.93 bits per heavy atom. The fourth-order valence-electron chi connectivity index (χ4n) is 1.15. The fraction of sp³-hybridized carbons (Fsp3) is 0.400. The summed E-state index contributed by atoms with van der Waals surface area (Å²) >= 11 is 0. The first-order valence-corrected chi connectivity index (χ1v) is 5.93. The molecule has 2 N–H and O–H groups in total. The molecule has 0 aliphatic carbocycles. The van der Waals surface area contributed by atoms with Crippen LogP contribution in [0, 0.1) is 0 Å². The number of benzene rings is 1. The van der Waals surface area contributed by atoms with Crippen LogP contribution in [-0.2, 0) is 16.6 Å². The molecule has 1 rings (SSSR count). The van der Waals surface area contributed by atoms with Gasteiger partial charge in [-0.1, -0.05) is 12.1 Å². The third-order valence-corrected chi connectivity index (χ3v) is 3.15. The lowest BCUT2D eigenvalue weighted by molar-refractivity contribution is 0.414. The highest BCUT2D eigenvalue weighted by Gasteiger charge is 2.01. The lowest BCUT2D eigenvalue weighted by Gasteiger charge is -2.03. The van der Waals surface area contributed by atoms with Crippen molar-refractivity contribution in [1.29, 1.82) is 0 Å². The summed E-state index contributed by atoms with van der Waals surface area (Å²) in [5, 5.41) is 0. The molecule has 78 valence electrons. The summed E-state index contributed by atoms with van der Waals surface area (Å²) in [5.74, 6) is 1.90. The summed E-state index contributed by atoms with van der Waals surface area (Å²) < 4.78 is 16.5. The van der Waals surface area contributed by atoms with Crippen LogP contribution in [0.15, 0.2) is 24.3 Å². The van der Waals surface area contributed by atoms with E-state index in [0.717, 1.165) is 11.3 Å². The number of nitrogens with two attached hydrogens (primary N) is 1. The van der Waals surface area contributed by atoms with Gasteiger partial charge in [0.1, 0.15) is 5.75 Å². The van der Waals surface area contributed by atoms with Gasteiger partial charge in [-0.3, -0.25) is 4.21 Å². The van der Waals surface area contributed by atoms with Gasteiger partial charge in [0.05, 0.1) is 7.11 Å². The van der Waals surface area contributed by atoms with E-state index in [2.05, 4.69) is 0 Å². The maximum Gasteiger partial charge on any atom is 0.119 e. The highest BCUT2D eigenvalue weighted by molar-refractivity contribution is 7.84. The monoisotopic (exact) mass is 213 g/mol. The van der Waals surface area contributed by atoms with Crippen molar-refractivity contribution >= 4 is 10.8 Å². The third-order valence-electron chi connectivity index (χ3n) is 1.81. The molecule has 0 aromatic heterocycles. The van der Waals surface area contributed by atoms with Crippen molar-refractivity contribution in [2.75, 3.05) is 19.4 Å². The number of rotatable bonds is 5. The van der Waals surface area contributed by atoms with E-state index >= 15 is 0 Å². The Kier molecular flexibility index (Phi) is 4.62. The molecule has 0 saturated carbocycles. The lowest BCUT2D eigenvalue weighted by Crippen LogP contribution is -2.11. The standard InChI is InChI=1S/C10H15NO2S/c1-13-10-4-2-3-9(7-10)8-14(12)6-5-11/h2-4,7H,5-6,8,11H2,1H3. The molecule has 0 spiro atoms. The maximum absolute atomic E-state index is 11.4. The van der Waals surface area contributed by atoms with Crippen molar-refractivity contribution in [3.63, 3.8) is 0 Å². The highest BCUT2D eigenvalue weighted by Crippen LogP contribution is 2.13. The number of ether oxygens (including phenoxy) is 1. The molecule has 0 fully saturated rings. The van der Waals surface area contributed by atoms with Gasteiger partial charge in [-0.25, -0.2) is 0 Å². The van der Waals surface area contributed by atoms with E-state index in [1.54, 1.807) is 7.11 Å². The summed E-state index contributed by atoms with van der Waals surface area (Å²) in [5.41, 5.74) is 6.35. The van der Waals surface area contributed by atoms with Crippen molar-refractivity contribution < 1.29 is 8.95 Å². The minimum atomic E-state index is -0.862. The molecule has 1 atom stereocenters. The molecular formula is C10H15NO2S. The summed E-state index contributed by atoms with van der Waals surface area (Å²) in [4.78, 5) is 0. The van der Waals surface area contributed by atoms with Gasteiger partial charge in [0.2, 0.25) is 0 Å². The van der Waals surface area contributed by atoms with Crippen LogP contribution in [0.3, 0.4) is 0 Å². The molecule has 0 radical (unpaired) electrons. The average molecular weight is 213 g/mol. The van der Waals surface area contributed by atoms with Crippen LogP contribution in [0.1, 0.15) is 5.56 Å². The Morgan fingerprint density at radius 2 is 2.29 bits per heavy atom. The molecule has 14 heavy (non-hydrogen) atoms. The molecule has 0 heterocycles. The van der Waals surface area contributed by atoms with Crippen LogP contribution in [0.2, 0.25) is 0 Å². The van der Waals surface area contributed by atoms with Crippen molar-refractivity contribution in [2.45, 2.75) is 5.75 Å². The van der Waals surface area contributed by atoms with Gasteiger partial charge in [-0.2, -0.15) is 0 Å². The molecule has 3 nitrogen and oxygen atoms in total. The quantitative estimate of drug-likeness (QED) is 0.790. The van der Waals surface area contributed by atoms with Crippen molar-refractivity contribution in [3.8, 4) is 5.75 Å². The van der Waals surface area contributed by atoms with E-state index in [1.807, 2.05) is 24.3 Å². The number of hydrogen-bond acceptors (Lipinski definition) is 3. The van der Waals surface area contributed by atoms with Crippen LogP contribution in [-0.4, -0.2) is 23.6 Å². The summed E-state index contributed by atoms with van der Waals surface area (Å²) in [6.45, 7) is 0.469. The number of hydrogen-bond donors (Lipinski definition) is 1. The van der Waals surface area contributed by atoms with E-state index in [1.165, 1.54) is 0 Å². The molecule has 0 aliphatic heterocycles. The van der Waals surface area contributed by atoms with E-state index < -0.39 is 10.8 Å². The van der Waals surface area contributed by atoms with E-state index in [-0.39, 0.29) is 0 Å². The van der Waals surface area contributed by atoms with Gasteiger partial charge < -0.3 is 10.5 Å². The number of methoxy groups -OCH3 is 1. The highest BCUT2D eigenvalue weighted by atomic mass is 32.2. The Bertz CT molecular complexity index is 315. The molecule has 1 unspecified atom stereocenters. The second-order valence-corrected chi connectivity index (χ2v) is 4.51. The Morgan fingerprint density at radius 1 is 1.50 bits per heavy atom. The van der Waals surface area contributed by atoms with E-state index in [0.29, 0.717) is 18.1 Å². The Hall–Kier alpha value is -0.870. The van der Waals surface area contributed by atoms with Crippen molar-refractivity contribution in [3.05, 3.63) is 29.8 Å². The SMILES string of the molecule is COc1cccc(CS(=O)CCN)c1. The van der Waals surface area contributed by atoms with Gasteiger partial charge in [-0.05, 0) is 17.7 Å². The molecule has 0 aliphatic rings. The first kappa shape index (κ1) is 11.2. The predicted octanol–water partition coefficient (Wildman–Crippen LogP) is 0.903. The van der Waals surface area contributed by atoms with Gasteiger partial charge >= 0.3 is 0 Å². The van der Waals surface area contributed by atoms with Crippen LogP contribution < -0.4 is 10.5 Å². The molecule has 0 saturated heterocycles. The first-order chi connectivity index (χ1) is 6.76. The van der Waals surface area contributed by atoms with Crippen LogP contribution in [0.25, 0.3) is 0 Å². The molecule has 0 amide bonds. The Balaban J connectivity index is 2.62. The van der Waals surface area contributed by atoms with Gasteiger partial charge in [0.25, 0.3) is 0 Å². The Labute approximate surface area is 86.7 Å². The molecule has 0 bridgehead atoms. The first-order valence-electron chi connectivity index (χ1n) is 4.44. The van der Waals surface area contributed by atoms with Crippen LogP contribution in [0.4, 0.5) is 0 Å². The van der Waals surface area contributed by atoms with Crippen molar-refractivity contribution in [1.82, 2.24) is 0 Å². The predicted molar refractivity (Wildman–Crippen MR) is 58.8 cm³/mol. The van der Waals surface area contributed by atoms with Crippen molar-refractivity contribution in [2.24, 2.45) is 5.73 Å². The zero-order chi connectivity index (χ0) is 10.4. The van der Waals surface area contributed by atoms with E-state index in [9.17, 15) is 4.21 Å². The van der Waals surface area contributed by atoms with Gasteiger partial charge in [0.15, 0.2) is 0 Å². The lowest BCUT2D eigenvalue weighted by atomic mass is 10.2. The van der Waals surface area contributed by atoms with Crippen LogP contribution >= 0.6 is 0 Å². The van der Waals surface area contributed by atoms with Gasteiger partial charge in [-0.15, -0.1) is 0 Å². The summed E-state index contributed by atoms with van der Waals surface area (Å²) in [6, 6.07) is 7.61. The van der Waals surface area contributed by atoms with E-state index in [4.69, 9.17) is 10.5 Å². The summed E-state index contributed by atoms with van der Waals surface area (Å²) in [7, 11) is 0.759. The molecule has 4 heteroatoms. The zero-order valence-electron chi connectivity index (χ0n) is 8.23. The van der Waals surface area contributed by atoms with Crippen LogP contribution in [0.5, 0.6) is 5.75 Å². The molecule has 1 aromatic rings. The topological polar surface area (TPSA) is 52.3 Å². The average Bonchev–Trinajstić information content (AvgIpc) is 2.18. The minimum absolute atomic E-state index is 0.469. The second kappa shape index (κ2) is 5.78. The minimum Gasteiger partial charge on any atom is -0.497 e.